The maximum atomic E-state index is 12.1. The molecule has 0 bridgehead atoms. The molecule has 0 unspecified atom stereocenters. The molecule has 3 nitrogen and oxygen atoms in total. The number of ether oxygens (including phenoxy) is 1. The van der Waals surface area contributed by atoms with Gasteiger partial charge >= 0.3 is 0 Å². The third-order valence-electron chi connectivity index (χ3n) is 3.43. The first kappa shape index (κ1) is 14.9. The number of rotatable bonds is 5. The predicted molar refractivity (Wildman–Crippen MR) is 91.7 cm³/mol. The number of hydrogen-bond donors (Lipinski definition) is 0. The van der Waals surface area contributed by atoms with Gasteiger partial charge in [-0.2, -0.15) is 0 Å². The summed E-state index contributed by atoms with van der Waals surface area (Å²) in [5, 5.41) is 0.929. The van der Waals surface area contributed by atoms with Crippen LogP contribution in [-0.4, -0.2) is 12.9 Å². The van der Waals surface area contributed by atoms with Crippen molar-refractivity contribution in [3.05, 3.63) is 84.1 Å². The van der Waals surface area contributed by atoms with E-state index in [0.29, 0.717) is 5.76 Å². The topological polar surface area (TPSA) is 39.4 Å². The summed E-state index contributed by atoms with van der Waals surface area (Å²) >= 11 is 0. The lowest BCUT2D eigenvalue weighted by molar-refractivity contribution is 0.102. The number of ketones is 1. The number of carbonyl (C=O) groups excluding carboxylic acids is 1. The molecule has 23 heavy (non-hydrogen) atoms. The molecular weight excluding hydrogens is 288 g/mol. The number of furan rings is 1. The number of para-hydroxylation sites is 1. The first-order valence-corrected chi connectivity index (χ1v) is 7.28. The SMILES string of the molecule is COc1ccc(/C=C/C=C/C(=O)c2cc3ccccc3o2)cc1. The van der Waals surface area contributed by atoms with E-state index in [2.05, 4.69) is 0 Å². The molecule has 114 valence electrons. The molecule has 1 heterocycles. The van der Waals surface area contributed by atoms with Crippen LogP contribution in [0.3, 0.4) is 0 Å². The van der Waals surface area contributed by atoms with E-state index in [1.165, 1.54) is 6.08 Å². The molecule has 0 spiro atoms. The molecule has 0 atom stereocenters. The normalized spacial score (nSPS) is 11.5. The van der Waals surface area contributed by atoms with Crippen molar-refractivity contribution in [2.24, 2.45) is 0 Å². The summed E-state index contributed by atoms with van der Waals surface area (Å²) in [4.78, 5) is 12.1. The van der Waals surface area contributed by atoms with Crippen molar-refractivity contribution in [1.82, 2.24) is 0 Å². The van der Waals surface area contributed by atoms with Crippen LogP contribution in [0.5, 0.6) is 5.75 Å². The van der Waals surface area contributed by atoms with Gasteiger partial charge in [-0.05, 0) is 35.9 Å². The Morgan fingerprint density at radius 2 is 1.83 bits per heavy atom. The number of benzene rings is 2. The maximum Gasteiger partial charge on any atom is 0.221 e. The van der Waals surface area contributed by atoms with E-state index >= 15 is 0 Å². The Morgan fingerprint density at radius 3 is 2.57 bits per heavy atom. The van der Waals surface area contributed by atoms with E-state index in [1.54, 1.807) is 19.3 Å². The van der Waals surface area contributed by atoms with E-state index in [9.17, 15) is 4.79 Å². The molecule has 0 saturated carbocycles. The highest BCUT2D eigenvalue weighted by Gasteiger charge is 2.08. The first-order chi connectivity index (χ1) is 11.3. The minimum Gasteiger partial charge on any atom is -0.497 e. The lowest BCUT2D eigenvalue weighted by atomic mass is 10.2. The molecule has 0 radical (unpaired) electrons. The van der Waals surface area contributed by atoms with Gasteiger partial charge in [0.05, 0.1) is 7.11 Å². The number of carbonyl (C=O) groups is 1. The Balaban J connectivity index is 1.66. The van der Waals surface area contributed by atoms with Gasteiger partial charge in [0.25, 0.3) is 0 Å². The summed E-state index contributed by atoms with van der Waals surface area (Å²) in [5.74, 6) is 1.01. The standard InChI is InChI=1S/C20H16O3/c1-22-17-12-10-15(11-13-17)6-2-4-8-18(21)20-14-16-7-3-5-9-19(16)23-20/h2-14H,1H3/b6-2+,8-4+. The fourth-order valence-electron chi connectivity index (χ4n) is 2.21. The van der Waals surface area contributed by atoms with Crippen LogP contribution in [0.15, 0.2) is 77.2 Å². The molecule has 3 heteroatoms. The second-order valence-electron chi connectivity index (χ2n) is 5.00. The highest BCUT2D eigenvalue weighted by atomic mass is 16.5. The number of allylic oxidation sites excluding steroid dienone is 3. The maximum absolute atomic E-state index is 12.1. The second-order valence-corrected chi connectivity index (χ2v) is 5.00. The summed E-state index contributed by atoms with van der Waals surface area (Å²) in [7, 11) is 1.64. The first-order valence-electron chi connectivity index (χ1n) is 7.28. The lowest BCUT2D eigenvalue weighted by Crippen LogP contribution is -1.89. The third-order valence-corrected chi connectivity index (χ3v) is 3.43. The molecule has 0 saturated heterocycles. The van der Waals surface area contributed by atoms with Gasteiger partial charge < -0.3 is 9.15 Å². The van der Waals surface area contributed by atoms with Crippen molar-refractivity contribution in [1.29, 1.82) is 0 Å². The van der Waals surface area contributed by atoms with Crippen LogP contribution in [-0.2, 0) is 0 Å². The van der Waals surface area contributed by atoms with Crippen LogP contribution in [0.25, 0.3) is 17.0 Å². The van der Waals surface area contributed by atoms with E-state index in [1.807, 2.05) is 60.7 Å². The molecule has 0 amide bonds. The molecule has 1 aromatic heterocycles. The summed E-state index contributed by atoms with van der Waals surface area (Å²) in [5.41, 5.74) is 1.75. The summed E-state index contributed by atoms with van der Waals surface area (Å²) in [6.45, 7) is 0. The molecule has 2 aromatic carbocycles. The van der Waals surface area contributed by atoms with E-state index in [4.69, 9.17) is 9.15 Å². The average Bonchev–Trinajstić information content (AvgIpc) is 3.03. The van der Waals surface area contributed by atoms with Crippen LogP contribution in [0.4, 0.5) is 0 Å². The number of fused-ring (bicyclic) bond motifs is 1. The Hall–Kier alpha value is -3.07. The van der Waals surface area contributed by atoms with Gasteiger partial charge in [0.15, 0.2) is 5.76 Å². The zero-order chi connectivity index (χ0) is 16.1. The predicted octanol–water partition coefficient (Wildman–Crippen LogP) is 4.89. The van der Waals surface area contributed by atoms with Gasteiger partial charge in [-0.3, -0.25) is 4.79 Å². The van der Waals surface area contributed by atoms with Crippen LogP contribution in [0.1, 0.15) is 16.1 Å². The Bertz CT molecular complexity index is 834. The minimum absolute atomic E-state index is 0.152. The van der Waals surface area contributed by atoms with Crippen LogP contribution >= 0.6 is 0 Å². The van der Waals surface area contributed by atoms with E-state index < -0.39 is 0 Å². The van der Waals surface area contributed by atoms with E-state index in [-0.39, 0.29) is 5.78 Å². The smallest absolute Gasteiger partial charge is 0.221 e. The van der Waals surface area contributed by atoms with Gasteiger partial charge in [-0.25, -0.2) is 0 Å². The Kier molecular flexibility index (Phi) is 4.39. The number of hydrogen-bond acceptors (Lipinski definition) is 3. The van der Waals surface area contributed by atoms with Crippen molar-refractivity contribution >= 4 is 22.8 Å². The van der Waals surface area contributed by atoms with Gasteiger partial charge in [-0.15, -0.1) is 0 Å². The highest BCUT2D eigenvalue weighted by molar-refractivity contribution is 6.05. The van der Waals surface area contributed by atoms with Crippen LogP contribution < -0.4 is 4.74 Å². The molecule has 3 aromatic rings. The van der Waals surface area contributed by atoms with Crippen LogP contribution in [0.2, 0.25) is 0 Å². The molecule has 0 fully saturated rings. The van der Waals surface area contributed by atoms with Gasteiger partial charge in [0, 0.05) is 5.39 Å². The fourth-order valence-corrected chi connectivity index (χ4v) is 2.21. The quantitative estimate of drug-likeness (QED) is 0.382. The molecule has 0 N–H and O–H groups in total. The van der Waals surface area contributed by atoms with Crippen LogP contribution in [0, 0.1) is 0 Å². The molecule has 3 rings (SSSR count). The molecular formula is C20H16O3. The third kappa shape index (κ3) is 3.58. The van der Waals surface area contributed by atoms with Gasteiger partial charge in [0.2, 0.25) is 5.78 Å². The highest BCUT2D eigenvalue weighted by Crippen LogP contribution is 2.19. The van der Waals surface area contributed by atoms with Crippen molar-refractivity contribution in [2.75, 3.05) is 7.11 Å². The lowest BCUT2D eigenvalue weighted by Gasteiger charge is -1.98. The largest absolute Gasteiger partial charge is 0.497 e. The van der Waals surface area contributed by atoms with Gasteiger partial charge in [-0.1, -0.05) is 48.6 Å². The number of methoxy groups -OCH3 is 1. The molecule has 0 aliphatic carbocycles. The zero-order valence-electron chi connectivity index (χ0n) is 12.7. The van der Waals surface area contributed by atoms with Crippen molar-refractivity contribution < 1.29 is 13.9 Å². The molecule has 0 aliphatic rings. The molecule has 0 aliphatic heterocycles. The minimum atomic E-state index is -0.152. The van der Waals surface area contributed by atoms with Crippen molar-refractivity contribution in [3.8, 4) is 5.75 Å². The fraction of sp³-hybridized carbons (Fsp3) is 0.0500. The van der Waals surface area contributed by atoms with E-state index in [0.717, 1.165) is 22.3 Å². The van der Waals surface area contributed by atoms with Crippen molar-refractivity contribution in [3.63, 3.8) is 0 Å². The summed E-state index contributed by atoms with van der Waals surface area (Å²) in [6.07, 6.45) is 6.95. The average molecular weight is 304 g/mol. The monoisotopic (exact) mass is 304 g/mol. The Morgan fingerprint density at radius 1 is 1.04 bits per heavy atom. The van der Waals surface area contributed by atoms with Gasteiger partial charge in [0.1, 0.15) is 11.3 Å². The van der Waals surface area contributed by atoms with Crippen molar-refractivity contribution in [2.45, 2.75) is 0 Å². The second kappa shape index (κ2) is 6.79. The summed E-state index contributed by atoms with van der Waals surface area (Å²) < 4.78 is 10.6. The summed E-state index contributed by atoms with van der Waals surface area (Å²) in [6, 6.07) is 17.0. The Labute approximate surface area is 134 Å². The zero-order valence-corrected chi connectivity index (χ0v) is 12.7.